The maximum Gasteiger partial charge on any atom is 0.397 e. The number of thioether (sulfide) groups is 1. The highest BCUT2D eigenvalue weighted by Crippen LogP contribution is 2.23. The molecule has 29 heavy (non-hydrogen) atoms. The van der Waals surface area contributed by atoms with Crippen molar-refractivity contribution in [3.05, 3.63) is 76.1 Å². The zero-order chi connectivity index (χ0) is 21.0. The summed E-state index contributed by atoms with van der Waals surface area (Å²) < 4.78 is 51.7. The molecule has 0 aliphatic rings. The van der Waals surface area contributed by atoms with Crippen molar-refractivity contribution < 1.29 is 22.4 Å². The molecule has 5 nitrogen and oxygen atoms in total. The normalized spacial score (nSPS) is 11.6. The number of benzene rings is 2. The summed E-state index contributed by atoms with van der Waals surface area (Å²) in [5.41, 5.74) is 2.40. The Hall–Kier alpha value is -2.88. The fourth-order valence-electron chi connectivity index (χ4n) is 2.62. The number of hydrogen-bond donors (Lipinski definition) is 1. The number of halogens is 4. The summed E-state index contributed by atoms with van der Waals surface area (Å²) in [4.78, 5) is 29.2. The minimum atomic E-state index is -4.39. The summed E-state index contributed by atoms with van der Waals surface area (Å²) in [5, 5.41) is 0.0379. The van der Waals surface area contributed by atoms with Gasteiger partial charge in [0, 0.05) is 6.07 Å². The van der Waals surface area contributed by atoms with Gasteiger partial charge in [-0.1, -0.05) is 30.3 Å². The number of fused-ring (bicyclic) bond motifs is 1. The lowest BCUT2D eigenvalue weighted by molar-refractivity contribution is -0.116. The second-order valence-corrected chi connectivity index (χ2v) is 7.12. The van der Waals surface area contributed by atoms with Crippen LogP contribution in [0.4, 0.5) is 17.6 Å². The van der Waals surface area contributed by atoms with Gasteiger partial charge in [0.1, 0.15) is 11.6 Å². The van der Waals surface area contributed by atoms with Crippen LogP contribution in [-0.4, -0.2) is 27.5 Å². The van der Waals surface area contributed by atoms with Gasteiger partial charge in [-0.25, -0.2) is 14.1 Å². The van der Waals surface area contributed by atoms with E-state index >= 15 is 0 Å². The molecule has 0 aliphatic heterocycles. The maximum absolute atomic E-state index is 13.5. The molecule has 152 valence electrons. The Labute approximate surface area is 166 Å². The molecule has 10 heteroatoms. The van der Waals surface area contributed by atoms with Gasteiger partial charge in [-0.15, -0.1) is 11.8 Å². The Morgan fingerprint density at radius 1 is 1.14 bits per heavy atom. The van der Waals surface area contributed by atoms with Crippen molar-refractivity contribution in [2.24, 2.45) is 0 Å². The second kappa shape index (κ2) is 8.64. The van der Waals surface area contributed by atoms with Crippen molar-refractivity contribution in [3.8, 4) is 0 Å². The molecule has 1 N–H and O–H groups in total. The van der Waals surface area contributed by atoms with Crippen molar-refractivity contribution >= 4 is 28.6 Å². The van der Waals surface area contributed by atoms with Gasteiger partial charge in [0.25, 0.3) is 5.56 Å². The van der Waals surface area contributed by atoms with E-state index in [-0.39, 0.29) is 28.9 Å². The molecular weight excluding hydrogens is 410 g/mol. The van der Waals surface area contributed by atoms with Crippen molar-refractivity contribution in [3.63, 3.8) is 0 Å². The van der Waals surface area contributed by atoms with Crippen LogP contribution in [0.1, 0.15) is 11.4 Å². The van der Waals surface area contributed by atoms with E-state index < -0.39 is 29.2 Å². The Morgan fingerprint density at radius 2 is 1.86 bits per heavy atom. The third-order valence-corrected chi connectivity index (χ3v) is 4.84. The van der Waals surface area contributed by atoms with Crippen LogP contribution in [0.3, 0.4) is 0 Å². The van der Waals surface area contributed by atoms with Crippen molar-refractivity contribution in [2.75, 3.05) is 11.2 Å². The number of nitrogens with one attached hydrogen (secondary N) is 1. The largest absolute Gasteiger partial charge is 0.397 e. The van der Waals surface area contributed by atoms with E-state index in [1.54, 1.807) is 30.3 Å². The van der Waals surface area contributed by atoms with Gasteiger partial charge in [0.15, 0.2) is 0 Å². The zero-order valence-electron chi connectivity index (χ0n) is 14.9. The lowest BCUT2D eigenvalue weighted by Gasteiger charge is -2.15. The minimum Gasteiger partial charge on any atom is -0.273 e. The molecule has 1 amide bonds. The van der Waals surface area contributed by atoms with Gasteiger partial charge < -0.3 is 0 Å². The molecular formula is C19H15F4N3O2S. The first kappa shape index (κ1) is 20.8. The summed E-state index contributed by atoms with van der Waals surface area (Å²) in [5.74, 6) is -2.73. The number of carbonyl (C=O) groups excluding carboxylic acids is 1. The summed E-state index contributed by atoms with van der Waals surface area (Å²) >= 11 is 0.488. The molecule has 0 spiro atoms. The van der Waals surface area contributed by atoms with Gasteiger partial charge in [-0.2, -0.15) is 13.2 Å². The van der Waals surface area contributed by atoms with E-state index in [1.807, 2.05) is 0 Å². The summed E-state index contributed by atoms with van der Waals surface area (Å²) in [7, 11) is 0. The first-order valence-corrected chi connectivity index (χ1v) is 9.58. The van der Waals surface area contributed by atoms with Crippen LogP contribution >= 0.6 is 11.8 Å². The second-order valence-electron chi connectivity index (χ2n) is 6.14. The fourth-order valence-corrected chi connectivity index (χ4v) is 3.33. The van der Waals surface area contributed by atoms with Gasteiger partial charge in [0.2, 0.25) is 5.91 Å². The van der Waals surface area contributed by atoms with E-state index in [1.165, 1.54) is 6.07 Å². The standard InChI is InChI=1S/C19H15F4N3O2S/c20-13-6-7-14-15(9-13)24-16(10-29-11-19(21,22)23)26(18(14)28)25-17(27)8-12-4-2-1-3-5-12/h1-7,9H,8,10-11H2,(H,25,27). The van der Waals surface area contributed by atoms with Crippen LogP contribution in [0.2, 0.25) is 0 Å². The van der Waals surface area contributed by atoms with Crippen LogP contribution in [-0.2, 0) is 17.0 Å². The molecule has 1 aromatic heterocycles. The van der Waals surface area contributed by atoms with E-state index in [4.69, 9.17) is 0 Å². The monoisotopic (exact) mass is 425 g/mol. The average Bonchev–Trinajstić information content (AvgIpc) is 2.64. The first-order chi connectivity index (χ1) is 13.7. The minimum absolute atomic E-state index is 0.00571. The highest BCUT2D eigenvalue weighted by atomic mass is 32.2. The van der Waals surface area contributed by atoms with E-state index in [0.717, 1.165) is 16.8 Å². The van der Waals surface area contributed by atoms with Gasteiger partial charge in [-0.05, 0) is 17.7 Å². The molecule has 0 saturated carbocycles. The van der Waals surface area contributed by atoms with Gasteiger partial charge in [-0.3, -0.25) is 15.0 Å². The third-order valence-electron chi connectivity index (χ3n) is 3.84. The Bertz CT molecular complexity index is 1080. The molecule has 3 rings (SSSR count). The van der Waals surface area contributed by atoms with E-state index in [9.17, 15) is 27.2 Å². The number of carbonyl (C=O) groups is 1. The highest BCUT2D eigenvalue weighted by Gasteiger charge is 2.27. The molecule has 0 unspecified atom stereocenters. The van der Waals surface area contributed by atoms with Gasteiger partial charge >= 0.3 is 6.18 Å². The molecule has 3 aromatic rings. The van der Waals surface area contributed by atoms with Crippen LogP contribution in [0.25, 0.3) is 10.9 Å². The Kier molecular flexibility index (Phi) is 6.21. The Balaban J connectivity index is 1.92. The predicted octanol–water partition coefficient (Wildman–Crippen LogP) is 3.64. The van der Waals surface area contributed by atoms with Crippen LogP contribution in [0.5, 0.6) is 0 Å². The lowest BCUT2D eigenvalue weighted by Crippen LogP contribution is -2.37. The molecule has 2 aromatic carbocycles. The van der Waals surface area contributed by atoms with Crippen LogP contribution in [0, 0.1) is 5.82 Å². The van der Waals surface area contributed by atoms with Crippen LogP contribution < -0.4 is 11.0 Å². The number of nitrogens with zero attached hydrogens (tertiary/aromatic N) is 2. The van der Waals surface area contributed by atoms with Crippen molar-refractivity contribution in [1.82, 2.24) is 9.66 Å². The molecule has 0 bridgehead atoms. The summed E-state index contributed by atoms with van der Waals surface area (Å²) in [6, 6.07) is 12.0. The molecule has 1 heterocycles. The summed E-state index contributed by atoms with van der Waals surface area (Å²) in [6.07, 6.45) is -4.43. The SMILES string of the molecule is O=C(Cc1ccccc1)Nn1c(CSCC(F)(F)F)nc2cc(F)ccc2c1=O. The number of hydrogen-bond acceptors (Lipinski definition) is 4. The number of rotatable bonds is 6. The number of alkyl halides is 3. The molecule has 0 radical (unpaired) electrons. The average molecular weight is 425 g/mol. The van der Waals surface area contributed by atoms with Crippen molar-refractivity contribution in [1.29, 1.82) is 0 Å². The quantitative estimate of drug-likeness (QED) is 0.613. The van der Waals surface area contributed by atoms with Crippen LogP contribution in [0.15, 0.2) is 53.3 Å². The Morgan fingerprint density at radius 3 is 2.55 bits per heavy atom. The smallest absolute Gasteiger partial charge is 0.273 e. The van der Waals surface area contributed by atoms with Crippen molar-refractivity contribution in [2.45, 2.75) is 18.3 Å². The number of amides is 1. The fraction of sp³-hybridized carbons (Fsp3) is 0.211. The molecule has 0 atom stereocenters. The molecule has 0 saturated heterocycles. The predicted molar refractivity (Wildman–Crippen MR) is 103 cm³/mol. The third kappa shape index (κ3) is 5.57. The molecule has 0 fully saturated rings. The zero-order valence-corrected chi connectivity index (χ0v) is 15.7. The topological polar surface area (TPSA) is 64.0 Å². The number of aromatic nitrogens is 2. The van der Waals surface area contributed by atoms with Gasteiger partial charge in [0.05, 0.1) is 28.8 Å². The lowest BCUT2D eigenvalue weighted by atomic mass is 10.1. The van der Waals surface area contributed by atoms with E-state index in [2.05, 4.69) is 10.4 Å². The first-order valence-electron chi connectivity index (χ1n) is 8.42. The maximum atomic E-state index is 13.5. The summed E-state index contributed by atoms with van der Waals surface area (Å²) in [6.45, 7) is 0. The van der Waals surface area contributed by atoms with E-state index in [0.29, 0.717) is 17.3 Å². The molecule has 0 aliphatic carbocycles. The highest BCUT2D eigenvalue weighted by molar-refractivity contribution is 7.98.